The number of carbonyl (C=O) groups is 2. The quantitative estimate of drug-likeness (QED) is 0.599. The number of ether oxygens (including phenoxy) is 2. The lowest BCUT2D eigenvalue weighted by atomic mass is 9.93. The van der Waals surface area contributed by atoms with E-state index in [1.54, 1.807) is 19.1 Å². The first-order valence-corrected chi connectivity index (χ1v) is 11.9. The van der Waals surface area contributed by atoms with Crippen molar-refractivity contribution in [2.75, 3.05) is 14.2 Å². The van der Waals surface area contributed by atoms with E-state index in [-0.39, 0.29) is 24.4 Å². The number of rotatable bonds is 6. The second kappa shape index (κ2) is 8.70. The van der Waals surface area contributed by atoms with Gasteiger partial charge in [-0.3, -0.25) is 9.59 Å². The molecule has 2 aliphatic rings. The third-order valence-corrected chi connectivity index (χ3v) is 7.30. The van der Waals surface area contributed by atoms with Crippen molar-refractivity contribution in [3.8, 4) is 11.5 Å². The fraction of sp³-hybridized carbons (Fsp3) is 0.407. The molecule has 1 aromatic heterocycles. The SMILES string of the molecule is COc1ccc(CN2C(=O)c3cc4ccccc4n3C[C@]2(C)C(=O)NC2CCCC2)cc1OC. The molecule has 1 atom stereocenters. The Hall–Kier alpha value is -3.48. The summed E-state index contributed by atoms with van der Waals surface area (Å²) >= 11 is 0. The number of hydrogen-bond donors (Lipinski definition) is 1. The van der Waals surface area contributed by atoms with Crippen molar-refractivity contribution in [3.05, 3.63) is 59.8 Å². The van der Waals surface area contributed by atoms with E-state index in [1.165, 1.54) is 0 Å². The molecule has 0 bridgehead atoms. The molecule has 0 radical (unpaired) electrons. The highest BCUT2D eigenvalue weighted by atomic mass is 16.5. The summed E-state index contributed by atoms with van der Waals surface area (Å²) in [6, 6.07) is 15.6. The van der Waals surface area contributed by atoms with E-state index < -0.39 is 5.54 Å². The Kier molecular flexibility index (Phi) is 5.71. The van der Waals surface area contributed by atoms with Crippen molar-refractivity contribution in [3.63, 3.8) is 0 Å². The van der Waals surface area contributed by atoms with Crippen LogP contribution in [0, 0.1) is 0 Å². The molecule has 34 heavy (non-hydrogen) atoms. The molecule has 2 amide bonds. The molecule has 0 spiro atoms. The molecule has 178 valence electrons. The summed E-state index contributed by atoms with van der Waals surface area (Å²) in [5, 5.41) is 4.24. The Labute approximate surface area is 199 Å². The minimum Gasteiger partial charge on any atom is -0.493 e. The molecule has 7 nitrogen and oxygen atoms in total. The first-order valence-electron chi connectivity index (χ1n) is 11.9. The van der Waals surface area contributed by atoms with Gasteiger partial charge in [-0.05, 0) is 49.6 Å². The zero-order valence-corrected chi connectivity index (χ0v) is 20.0. The molecule has 1 saturated carbocycles. The largest absolute Gasteiger partial charge is 0.493 e. The van der Waals surface area contributed by atoms with E-state index in [4.69, 9.17) is 9.47 Å². The number of nitrogens with one attached hydrogen (secondary N) is 1. The second-order valence-electron chi connectivity index (χ2n) is 9.48. The van der Waals surface area contributed by atoms with Crippen LogP contribution in [0.15, 0.2) is 48.5 Å². The molecule has 2 aromatic carbocycles. The second-order valence-corrected chi connectivity index (χ2v) is 9.48. The van der Waals surface area contributed by atoms with Gasteiger partial charge < -0.3 is 24.3 Å². The van der Waals surface area contributed by atoms with Crippen LogP contribution in [-0.2, 0) is 17.9 Å². The number of methoxy groups -OCH3 is 2. The predicted octanol–water partition coefficient (Wildman–Crippen LogP) is 4.13. The molecular weight excluding hydrogens is 430 g/mol. The van der Waals surface area contributed by atoms with Crippen molar-refractivity contribution in [2.24, 2.45) is 0 Å². The molecular formula is C27H31N3O4. The number of para-hydroxylation sites is 1. The Morgan fingerprint density at radius 2 is 1.79 bits per heavy atom. The van der Waals surface area contributed by atoms with Gasteiger partial charge in [0.25, 0.3) is 5.91 Å². The number of carbonyl (C=O) groups excluding carboxylic acids is 2. The summed E-state index contributed by atoms with van der Waals surface area (Å²) in [4.78, 5) is 29.4. The van der Waals surface area contributed by atoms with Crippen LogP contribution in [0.1, 0.15) is 48.7 Å². The standard InChI is InChI=1S/C27H31N3O4/c1-27(26(32)28-20-9-5-6-10-20)17-29-21-11-7-4-8-19(21)15-22(29)25(31)30(27)16-18-12-13-23(33-2)24(14-18)34-3/h4,7-8,11-15,20H,5-6,9-10,16-17H2,1-3H3,(H,28,32)/t27-/m1/s1. The summed E-state index contributed by atoms with van der Waals surface area (Å²) in [6.07, 6.45) is 4.23. The van der Waals surface area contributed by atoms with Gasteiger partial charge in [0.1, 0.15) is 11.2 Å². The van der Waals surface area contributed by atoms with Gasteiger partial charge in [0.15, 0.2) is 11.5 Å². The summed E-state index contributed by atoms with van der Waals surface area (Å²) in [5.41, 5.74) is 1.40. The van der Waals surface area contributed by atoms with Crippen molar-refractivity contribution >= 4 is 22.7 Å². The Balaban J connectivity index is 1.56. The van der Waals surface area contributed by atoms with Crippen LogP contribution >= 0.6 is 0 Å². The van der Waals surface area contributed by atoms with Crippen LogP contribution < -0.4 is 14.8 Å². The van der Waals surface area contributed by atoms with Gasteiger partial charge in [0.2, 0.25) is 5.91 Å². The summed E-state index contributed by atoms with van der Waals surface area (Å²) < 4.78 is 12.8. The number of amides is 2. The lowest BCUT2D eigenvalue weighted by Gasteiger charge is -2.44. The van der Waals surface area contributed by atoms with Gasteiger partial charge in [0.05, 0.1) is 20.8 Å². The molecule has 5 rings (SSSR count). The number of fused-ring (bicyclic) bond motifs is 3. The first-order chi connectivity index (χ1) is 16.4. The van der Waals surface area contributed by atoms with E-state index in [2.05, 4.69) is 5.32 Å². The Bertz CT molecular complexity index is 1240. The molecule has 1 aliphatic heterocycles. The zero-order chi connectivity index (χ0) is 23.9. The number of hydrogen-bond acceptors (Lipinski definition) is 4. The highest BCUT2D eigenvalue weighted by Crippen LogP contribution is 2.35. The fourth-order valence-electron chi connectivity index (χ4n) is 5.33. The van der Waals surface area contributed by atoms with Gasteiger partial charge in [-0.25, -0.2) is 0 Å². The molecule has 1 N–H and O–H groups in total. The van der Waals surface area contributed by atoms with E-state index >= 15 is 0 Å². The van der Waals surface area contributed by atoms with Gasteiger partial charge in [-0.15, -0.1) is 0 Å². The third-order valence-electron chi connectivity index (χ3n) is 7.30. The van der Waals surface area contributed by atoms with Gasteiger partial charge in [0, 0.05) is 23.5 Å². The molecule has 7 heteroatoms. The summed E-state index contributed by atoms with van der Waals surface area (Å²) in [6.45, 7) is 2.57. The maximum atomic E-state index is 13.9. The molecule has 1 fully saturated rings. The molecule has 1 aliphatic carbocycles. The highest BCUT2D eigenvalue weighted by Gasteiger charge is 2.48. The van der Waals surface area contributed by atoms with Crippen LogP contribution in [0.25, 0.3) is 10.9 Å². The lowest BCUT2D eigenvalue weighted by Crippen LogP contribution is -2.64. The lowest BCUT2D eigenvalue weighted by molar-refractivity contribution is -0.133. The Morgan fingerprint density at radius 1 is 1.06 bits per heavy atom. The smallest absolute Gasteiger partial charge is 0.271 e. The average Bonchev–Trinajstić information content (AvgIpc) is 3.49. The molecule has 2 heterocycles. The average molecular weight is 462 g/mol. The van der Waals surface area contributed by atoms with E-state index in [0.717, 1.165) is 42.1 Å². The van der Waals surface area contributed by atoms with Crippen molar-refractivity contribution in [1.29, 1.82) is 0 Å². The fourth-order valence-corrected chi connectivity index (χ4v) is 5.33. The summed E-state index contributed by atoms with van der Waals surface area (Å²) in [7, 11) is 3.18. The number of benzene rings is 2. The van der Waals surface area contributed by atoms with Crippen LogP contribution in [0.2, 0.25) is 0 Å². The number of nitrogens with zero attached hydrogens (tertiary/aromatic N) is 2. The van der Waals surface area contributed by atoms with Crippen LogP contribution in [0.3, 0.4) is 0 Å². The molecule has 0 saturated heterocycles. The Morgan fingerprint density at radius 3 is 2.53 bits per heavy atom. The summed E-state index contributed by atoms with van der Waals surface area (Å²) in [5.74, 6) is 0.965. The van der Waals surface area contributed by atoms with Gasteiger partial charge in [-0.1, -0.05) is 37.1 Å². The first kappa shape index (κ1) is 22.3. The van der Waals surface area contributed by atoms with Crippen LogP contribution in [0.4, 0.5) is 0 Å². The number of aromatic nitrogens is 1. The van der Waals surface area contributed by atoms with Crippen molar-refractivity contribution in [1.82, 2.24) is 14.8 Å². The maximum Gasteiger partial charge on any atom is 0.271 e. The van der Waals surface area contributed by atoms with E-state index in [1.807, 2.05) is 60.0 Å². The van der Waals surface area contributed by atoms with Gasteiger partial charge in [-0.2, -0.15) is 0 Å². The third kappa shape index (κ3) is 3.69. The van der Waals surface area contributed by atoms with Gasteiger partial charge >= 0.3 is 0 Å². The van der Waals surface area contributed by atoms with Crippen LogP contribution in [0.5, 0.6) is 11.5 Å². The normalized spacial score (nSPS) is 20.4. The van der Waals surface area contributed by atoms with E-state index in [0.29, 0.717) is 23.7 Å². The zero-order valence-electron chi connectivity index (χ0n) is 20.0. The highest BCUT2D eigenvalue weighted by molar-refractivity contribution is 6.03. The molecule has 3 aromatic rings. The predicted molar refractivity (Wildman–Crippen MR) is 130 cm³/mol. The molecule has 0 unspecified atom stereocenters. The minimum absolute atomic E-state index is 0.100. The van der Waals surface area contributed by atoms with Crippen LogP contribution in [-0.4, -0.2) is 47.1 Å². The topological polar surface area (TPSA) is 72.8 Å². The maximum absolute atomic E-state index is 13.9. The monoisotopic (exact) mass is 461 g/mol. The minimum atomic E-state index is -1.04. The van der Waals surface area contributed by atoms with E-state index in [9.17, 15) is 9.59 Å². The van der Waals surface area contributed by atoms with Crippen molar-refractivity contribution in [2.45, 2.75) is 57.3 Å². The van der Waals surface area contributed by atoms with Crippen molar-refractivity contribution < 1.29 is 19.1 Å².